The fraction of sp³-hybridized carbons (Fsp3) is 0.318. The van der Waals surface area contributed by atoms with Gasteiger partial charge in [0, 0.05) is 25.2 Å². The maximum atomic E-state index is 12.7. The Morgan fingerprint density at radius 2 is 1.79 bits per heavy atom. The first-order chi connectivity index (χ1) is 13.5. The number of nitrogens with zero attached hydrogens (tertiary/aromatic N) is 1. The van der Waals surface area contributed by atoms with E-state index in [9.17, 15) is 14.4 Å². The second kappa shape index (κ2) is 8.69. The molecule has 1 saturated heterocycles. The normalized spacial score (nSPS) is 16.1. The van der Waals surface area contributed by atoms with E-state index < -0.39 is 5.92 Å². The first kappa shape index (κ1) is 19.6. The Labute approximate surface area is 164 Å². The highest BCUT2D eigenvalue weighted by Gasteiger charge is 2.35. The minimum Gasteiger partial charge on any atom is -0.352 e. The van der Waals surface area contributed by atoms with Crippen LogP contribution in [-0.2, 0) is 16.0 Å². The number of hydrogen-bond acceptors (Lipinski definition) is 3. The maximum absolute atomic E-state index is 12.7. The highest BCUT2D eigenvalue weighted by atomic mass is 16.2. The number of para-hydroxylation sites is 1. The lowest BCUT2D eigenvalue weighted by Crippen LogP contribution is -2.29. The third-order valence-corrected chi connectivity index (χ3v) is 4.92. The van der Waals surface area contributed by atoms with Gasteiger partial charge >= 0.3 is 0 Å². The Morgan fingerprint density at radius 3 is 2.46 bits per heavy atom. The zero-order chi connectivity index (χ0) is 20.1. The molecule has 0 aliphatic carbocycles. The second-order valence-electron chi connectivity index (χ2n) is 6.82. The molecule has 2 aromatic rings. The van der Waals surface area contributed by atoms with Gasteiger partial charge in [-0.2, -0.15) is 0 Å². The standard InChI is InChI=1S/C22H25N3O3/c1-3-15-9-11-17(12-10-15)25-14-16(13-20(25)26)21(27)24-19-8-6-5-7-18(19)22(28)23-4-2/h5-12,16H,3-4,13-14H2,1-2H3,(H,23,28)(H,24,27)/t16-/m0/s1. The van der Waals surface area contributed by atoms with Crippen LogP contribution in [0.2, 0.25) is 0 Å². The molecule has 3 rings (SSSR count). The molecule has 2 N–H and O–H groups in total. The summed E-state index contributed by atoms with van der Waals surface area (Å²) < 4.78 is 0. The van der Waals surface area contributed by atoms with E-state index in [0.717, 1.165) is 12.1 Å². The van der Waals surface area contributed by atoms with Gasteiger partial charge in [-0.1, -0.05) is 31.2 Å². The van der Waals surface area contributed by atoms with Gasteiger partial charge in [0.1, 0.15) is 0 Å². The number of hydrogen-bond donors (Lipinski definition) is 2. The third kappa shape index (κ3) is 4.22. The molecule has 0 aromatic heterocycles. The molecular weight excluding hydrogens is 354 g/mol. The quantitative estimate of drug-likeness (QED) is 0.810. The molecule has 0 unspecified atom stereocenters. The molecule has 1 atom stereocenters. The molecule has 2 aromatic carbocycles. The molecule has 3 amide bonds. The van der Waals surface area contributed by atoms with Crippen molar-refractivity contribution in [3.8, 4) is 0 Å². The molecule has 1 fully saturated rings. The number of nitrogens with one attached hydrogen (secondary N) is 2. The number of carbonyl (C=O) groups is 3. The summed E-state index contributed by atoms with van der Waals surface area (Å²) in [5.41, 5.74) is 2.87. The molecule has 1 heterocycles. The first-order valence-corrected chi connectivity index (χ1v) is 9.60. The number of benzene rings is 2. The molecule has 6 nitrogen and oxygen atoms in total. The highest BCUT2D eigenvalue weighted by molar-refractivity contribution is 6.07. The Balaban J connectivity index is 1.71. The van der Waals surface area contributed by atoms with Crippen LogP contribution in [0, 0.1) is 5.92 Å². The molecule has 28 heavy (non-hydrogen) atoms. The fourth-order valence-corrected chi connectivity index (χ4v) is 3.33. The Morgan fingerprint density at radius 1 is 1.07 bits per heavy atom. The average Bonchev–Trinajstić information content (AvgIpc) is 3.10. The predicted octanol–water partition coefficient (Wildman–Crippen LogP) is 2.99. The summed E-state index contributed by atoms with van der Waals surface area (Å²) >= 11 is 0. The molecule has 0 bridgehead atoms. The van der Waals surface area contributed by atoms with Gasteiger partial charge in [0.15, 0.2) is 0 Å². The van der Waals surface area contributed by atoms with Crippen LogP contribution >= 0.6 is 0 Å². The zero-order valence-electron chi connectivity index (χ0n) is 16.2. The van der Waals surface area contributed by atoms with Crippen LogP contribution in [0.25, 0.3) is 0 Å². The number of rotatable bonds is 6. The topological polar surface area (TPSA) is 78.5 Å². The average molecular weight is 379 g/mol. The lowest BCUT2D eigenvalue weighted by Gasteiger charge is -2.17. The highest BCUT2D eigenvalue weighted by Crippen LogP contribution is 2.27. The fourth-order valence-electron chi connectivity index (χ4n) is 3.33. The summed E-state index contributed by atoms with van der Waals surface area (Å²) in [5, 5.41) is 5.56. The number of anilines is 2. The summed E-state index contributed by atoms with van der Waals surface area (Å²) in [6, 6.07) is 14.7. The third-order valence-electron chi connectivity index (χ3n) is 4.92. The van der Waals surface area contributed by atoms with Gasteiger partial charge in [0.25, 0.3) is 5.91 Å². The van der Waals surface area contributed by atoms with Gasteiger partial charge in [-0.3, -0.25) is 14.4 Å². The van der Waals surface area contributed by atoms with Crippen LogP contribution in [0.4, 0.5) is 11.4 Å². The summed E-state index contributed by atoms with van der Waals surface area (Å²) in [6.45, 7) is 4.75. The lowest BCUT2D eigenvalue weighted by atomic mass is 10.1. The van der Waals surface area contributed by atoms with Crippen molar-refractivity contribution in [2.24, 2.45) is 5.92 Å². The Hall–Kier alpha value is -3.15. The predicted molar refractivity (Wildman–Crippen MR) is 109 cm³/mol. The van der Waals surface area contributed by atoms with Crippen molar-refractivity contribution in [1.82, 2.24) is 5.32 Å². The van der Waals surface area contributed by atoms with E-state index in [2.05, 4.69) is 17.6 Å². The van der Waals surface area contributed by atoms with Gasteiger partial charge in [-0.15, -0.1) is 0 Å². The van der Waals surface area contributed by atoms with Gasteiger partial charge in [-0.25, -0.2) is 0 Å². The number of carbonyl (C=O) groups excluding carboxylic acids is 3. The molecule has 0 saturated carbocycles. The van der Waals surface area contributed by atoms with Crippen LogP contribution in [0.5, 0.6) is 0 Å². The second-order valence-corrected chi connectivity index (χ2v) is 6.82. The van der Waals surface area contributed by atoms with Crippen molar-refractivity contribution in [3.05, 3.63) is 59.7 Å². The minimum absolute atomic E-state index is 0.0681. The Kier molecular flexibility index (Phi) is 6.09. The Bertz CT molecular complexity index is 877. The van der Waals surface area contributed by atoms with Crippen LogP contribution < -0.4 is 15.5 Å². The van der Waals surface area contributed by atoms with E-state index in [1.54, 1.807) is 29.2 Å². The van der Waals surface area contributed by atoms with Crippen LogP contribution in [0.3, 0.4) is 0 Å². The largest absolute Gasteiger partial charge is 0.352 e. The molecule has 1 aliphatic heterocycles. The number of aryl methyl sites for hydroxylation is 1. The molecule has 1 aliphatic rings. The van der Waals surface area contributed by atoms with E-state index >= 15 is 0 Å². The number of amides is 3. The zero-order valence-corrected chi connectivity index (χ0v) is 16.2. The van der Waals surface area contributed by atoms with E-state index in [-0.39, 0.29) is 24.1 Å². The smallest absolute Gasteiger partial charge is 0.253 e. The monoisotopic (exact) mass is 379 g/mol. The van der Waals surface area contributed by atoms with E-state index in [1.807, 2.05) is 31.2 Å². The van der Waals surface area contributed by atoms with Crippen molar-refractivity contribution < 1.29 is 14.4 Å². The van der Waals surface area contributed by atoms with Crippen molar-refractivity contribution in [3.63, 3.8) is 0 Å². The van der Waals surface area contributed by atoms with Crippen molar-refractivity contribution in [1.29, 1.82) is 0 Å². The van der Waals surface area contributed by atoms with Gasteiger partial charge < -0.3 is 15.5 Å². The molecule has 146 valence electrons. The van der Waals surface area contributed by atoms with Crippen LogP contribution in [0.1, 0.15) is 36.2 Å². The summed E-state index contributed by atoms with van der Waals surface area (Å²) in [7, 11) is 0. The first-order valence-electron chi connectivity index (χ1n) is 9.60. The van der Waals surface area contributed by atoms with E-state index in [1.165, 1.54) is 5.56 Å². The van der Waals surface area contributed by atoms with Crippen molar-refractivity contribution in [2.75, 3.05) is 23.3 Å². The van der Waals surface area contributed by atoms with Gasteiger partial charge in [0.2, 0.25) is 11.8 Å². The SMILES string of the molecule is CCNC(=O)c1ccccc1NC(=O)[C@H]1CC(=O)N(c2ccc(CC)cc2)C1. The maximum Gasteiger partial charge on any atom is 0.253 e. The van der Waals surface area contributed by atoms with Gasteiger partial charge in [-0.05, 0) is 43.2 Å². The molecule has 0 spiro atoms. The van der Waals surface area contributed by atoms with Crippen LogP contribution in [-0.4, -0.2) is 30.8 Å². The van der Waals surface area contributed by atoms with Gasteiger partial charge in [0.05, 0.1) is 17.2 Å². The van der Waals surface area contributed by atoms with E-state index in [4.69, 9.17) is 0 Å². The summed E-state index contributed by atoms with van der Waals surface area (Å²) in [5.74, 6) is -1.02. The lowest BCUT2D eigenvalue weighted by molar-refractivity contribution is -0.122. The van der Waals surface area contributed by atoms with Crippen LogP contribution in [0.15, 0.2) is 48.5 Å². The molecular formula is C22H25N3O3. The summed E-state index contributed by atoms with van der Waals surface area (Å²) in [4.78, 5) is 39.0. The van der Waals surface area contributed by atoms with Crippen molar-refractivity contribution >= 4 is 29.1 Å². The molecule has 6 heteroatoms. The van der Waals surface area contributed by atoms with Crippen molar-refractivity contribution in [2.45, 2.75) is 26.7 Å². The molecule has 0 radical (unpaired) electrons. The summed E-state index contributed by atoms with van der Waals surface area (Å²) in [6.07, 6.45) is 1.09. The van der Waals surface area contributed by atoms with E-state index in [0.29, 0.717) is 24.3 Å². The minimum atomic E-state index is -0.458.